The first-order chi connectivity index (χ1) is 12.3. The van der Waals surface area contributed by atoms with Crippen LogP contribution in [0, 0.1) is 0 Å². The lowest BCUT2D eigenvalue weighted by Gasteiger charge is -2.27. The Morgan fingerprint density at radius 2 is 1.96 bits per heavy atom. The largest absolute Gasteiger partial charge is 0.379 e. The van der Waals surface area contributed by atoms with Crippen LogP contribution in [0.5, 0.6) is 0 Å². The molecule has 0 aliphatic carbocycles. The molecular formula is C20H25N3O2. The number of morpholine rings is 1. The van der Waals surface area contributed by atoms with E-state index in [4.69, 9.17) is 4.74 Å². The summed E-state index contributed by atoms with van der Waals surface area (Å²) in [6.07, 6.45) is 4.24. The van der Waals surface area contributed by atoms with Crippen molar-refractivity contribution < 1.29 is 9.53 Å². The molecule has 0 spiro atoms. The number of carbonyl (C=O) groups excluding carboxylic acids is 1. The highest BCUT2D eigenvalue weighted by atomic mass is 16.5. The molecule has 5 nitrogen and oxygen atoms in total. The number of rotatable bonds is 7. The molecule has 3 rings (SSSR count). The van der Waals surface area contributed by atoms with E-state index in [-0.39, 0.29) is 11.8 Å². The van der Waals surface area contributed by atoms with E-state index < -0.39 is 0 Å². The number of aromatic nitrogens is 1. The van der Waals surface area contributed by atoms with Gasteiger partial charge in [0.15, 0.2) is 0 Å². The Balaban J connectivity index is 1.60. The van der Waals surface area contributed by atoms with Crippen LogP contribution < -0.4 is 5.32 Å². The van der Waals surface area contributed by atoms with Crippen LogP contribution in [0.25, 0.3) is 0 Å². The van der Waals surface area contributed by atoms with Crippen molar-refractivity contribution in [1.29, 1.82) is 0 Å². The van der Waals surface area contributed by atoms with Crippen molar-refractivity contribution in [3.63, 3.8) is 0 Å². The summed E-state index contributed by atoms with van der Waals surface area (Å²) >= 11 is 0. The number of nitrogens with zero attached hydrogens (tertiary/aromatic N) is 2. The number of carbonyl (C=O) groups is 1. The van der Waals surface area contributed by atoms with Crippen LogP contribution >= 0.6 is 0 Å². The Morgan fingerprint density at radius 3 is 2.68 bits per heavy atom. The van der Waals surface area contributed by atoms with E-state index in [1.807, 2.05) is 48.7 Å². The van der Waals surface area contributed by atoms with Crippen molar-refractivity contribution in [1.82, 2.24) is 15.2 Å². The van der Waals surface area contributed by atoms with Crippen molar-refractivity contribution in [2.24, 2.45) is 0 Å². The third kappa shape index (κ3) is 5.37. The van der Waals surface area contributed by atoms with Gasteiger partial charge >= 0.3 is 0 Å². The van der Waals surface area contributed by atoms with Crippen molar-refractivity contribution in [3.8, 4) is 0 Å². The van der Waals surface area contributed by atoms with Gasteiger partial charge in [0.25, 0.3) is 0 Å². The van der Waals surface area contributed by atoms with Crippen LogP contribution in [0.1, 0.15) is 17.0 Å². The molecule has 1 atom stereocenters. The fraction of sp³-hybridized carbons (Fsp3) is 0.400. The molecule has 132 valence electrons. The second kappa shape index (κ2) is 9.30. The van der Waals surface area contributed by atoms with Crippen molar-refractivity contribution >= 4 is 5.91 Å². The van der Waals surface area contributed by atoms with Crippen molar-refractivity contribution in [3.05, 3.63) is 66.0 Å². The highest BCUT2D eigenvalue weighted by Gasteiger charge is 2.21. The quantitative estimate of drug-likeness (QED) is 0.837. The predicted molar refractivity (Wildman–Crippen MR) is 97.4 cm³/mol. The van der Waals surface area contributed by atoms with Crippen molar-refractivity contribution in [2.75, 3.05) is 39.4 Å². The first-order valence-electron chi connectivity index (χ1n) is 8.84. The van der Waals surface area contributed by atoms with Crippen LogP contribution in [0.4, 0.5) is 0 Å². The summed E-state index contributed by atoms with van der Waals surface area (Å²) in [5, 5.41) is 3.11. The van der Waals surface area contributed by atoms with Gasteiger partial charge in [0.05, 0.1) is 19.1 Å². The van der Waals surface area contributed by atoms with E-state index in [0.29, 0.717) is 13.0 Å². The summed E-state index contributed by atoms with van der Waals surface area (Å²) in [4.78, 5) is 19.3. The summed E-state index contributed by atoms with van der Waals surface area (Å²) < 4.78 is 5.35. The van der Waals surface area contributed by atoms with Gasteiger partial charge in [0, 0.05) is 38.6 Å². The van der Waals surface area contributed by atoms with Gasteiger partial charge in [0.1, 0.15) is 0 Å². The van der Waals surface area contributed by atoms with Crippen LogP contribution in [0.3, 0.4) is 0 Å². The Morgan fingerprint density at radius 1 is 1.16 bits per heavy atom. The molecule has 1 amide bonds. The predicted octanol–water partition coefficient (Wildman–Crippen LogP) is 1.86. The van der Waals surface area contributed by atoms with Gasteiger partial charge in [-0.1, -0.05) is 36.4 Å². The second-order valence-electron chi connectivity index (χ2n) is 6.27. The Hall–Kier alpha value is -2.24. The zero-order valence-corrected chi connectivity index (χ0v) is 14.4. The molecule has 2 aromatic rings. The van der Waals surface area contributed by atoms with Crippen LogP contribution in [-0.4, -0.2) is 55.2 Å². The molecule has 0 radical (unpaired) electrons. The molecule has 5 heteroatoms. The lowest BCUT2D eigenvalue weighted by atomic mass is 9.92. The minimum atomic E-state index is -0.199. The van der Waals surface area contributed by atoms with Gasteiger partial charge in [0.2, 0.25) is 5.91 Å². The molecule has 1 aromatic heterocycles. The molecule has 1 aliphatic rings. The van der Waals surface area contributed by atoms with Crippen LogP contribution in [0.15, 0.2) is 54.9 Å². The van der Waals surface area contributed by atoms with Gasteiger partial charge in [-0.2, -0.15) is 0 Å². The smallest absolute Gasteiger partial charge is 0.227 e. The third-order valence-electron chi connectivity index (χ3n) is 4.51. The van der Waals surface area contributed by atoms with Crippen LogP contribution in [-0.2, 0) is 16.0 Å². The number of pyridine rings is 1. The maximum absolute atomic E-state index is 12.8. The zero-order chi connectivity index (χ0) is 17.3. The monoisotopic (exact) mass is 339 g/mol. The first-order valence-corrected chi connectivity index (χ1v) is 8.84. The maximum atomic E-state index is 12.8. The number of hydrogen-bond acceptors (Lipinski definition) is 4. The SMILES string of the molecule is O=C(NCCN1CCOCC1)C(Cc1cccnc1)c1ccccc1. The number of amides is 1. The third-order valence-corrected chi connectivity index (χ3v) is 4.51. The second-order valence-corrected chi connectivity index (χ2v) is 6.27. The van der Waals surface area contributed by atoms with E-state index in [9.17, 15) is 4.79 Å². The normalized spacial score (nSPS) is 16.3. The number of nitrogens with one attached hydrogen (secondary N) is 1. The maximum Gasteiger partial charge on any atom is 0.227 e. The average molecular weight is 339 g/mol. The molecule has 0 saturated carbocycles. The van der Waals surface area contributed by atoms with Crippen molar-refractivity contribution in [2.45, 2.75) is 12.3 Å². The van der Waals surface area contributed by atoms with Gasteiger partial charge < -0.3 is 10.1 Å². The van der Waals surface area contributed by atoms with Gasteiger partial charge in [-0.05, 0) is 23.6 Å². The van der Waals surface area contributed by atoms with Gasteiger partial charge in [-0.15, -0.1) is 0 Å². The number of benzene rings is 1. The first kappa shape index (κ1) is 17.6. The lowest BCUT2D eigenvalue weighted by molar-refractivity contribution is -0.122. The average Bonchev–Trinajstić information content (AvgIpc) is 2.68. The summed E-state index contributed by atoms with van der Waals surface area (Å²) in [7, 11) is 0. The topological polar surface area (TPSA) is 54.5 Å². The fourth-order valence-corrected chi connectivity index (χ4v) is 3.09. The highest BCUT2D eigenvalue weighted by Crippen LogP contribution is 2.20. The lowest BCUT2D eigenvalue weighted by Crippen LogP contribution is -2.42. The summed E-state index contributed by atoms with van der Waals surface area (Å²) in [6.45, 7) is 4.96. The van der Waals surface area contributed by atoms with E-state index in [1.54, 1.807) is 6.20 Å². The Labute approximate surface area is 149 Å². The molecule has 1 aliphatic heterocycles. The van der Waals surface area contributed by atoms with E-state index >= 15 is 0 Å². The molecule has 0 bridgehead atoms. The Kier molecular flexibility index (Phi) is 6.54. The molecular weight excluding hydrogens is 314 g/mol. The summed E-state index contributed by atoms with van der Waals surface area (Å²) in [5.41, 5.74) is 2.11. The molecule has 1 unspecified atom stereocenters. The van der Waals surface area contributed by atoms with E-state index in [1.165, 1.54) is 0 Å². The zero-order valence-electron chi connectivity index (χ0n) is 14.4. The van der Waals surface area contributed by atoms with Gasteiger partial charge in [-0.3, -0.25) is 14.7 Å². The summed E-state index contributed by atoms with van der Waals surface area (Å²) in [6, 6.07) is 13.9. The van der Waals surface area contributed by atoms with Gasteiger partial charge in [-0.25, -0.2) is 0 Å². The number of ether oxygens (including phenoxy) is 1. The van der Waals surface area contributed by atoms with E-state index in [0.717, 1.165) is 44.0 Å². The van der Waals surface area contributed by atoms with E-state index in [2.05, 4.69) is 15.2 Å². The minimum absolute atomic E-state index is 0.0725. The standard InChI is InChI=1S/C20H25N3O2/c24-20(22-9-10-23-11-13-25-14-12-23)19(18-6-2-1-3-7-18)15-17-5-4-8-21-16-17/h1-8,16,19H,9-15H2,(H,22,24). The fourth-order valence-electron chi connectivity index (χ4n) is 3.09. The highest BCUT2D eigenvalue weighted by molar-refractivity contribution is 5.84. The molecule has 1 N–H and O–H groups in total. The molecule has 1 saturated heterocycles. The molecule has 1 aromatic carbocycles. The minimum Gasteiger partial charge on any atom is -0.379 e. The Bertz CT molecular complexity index is 643. The summed E-state index contributed by atoms with van der Waals surface area (Å²) in [5.74, 6) is -0.126. The molecule has 2 heterocycles. The molecule has 1 fully saturated rings. The van der Waals surface area contributed by atoms with Crippen LogP contribution in [0.2, 0.25) is 0 Å². The molecule has 25 heavy (non-hydrogen) atoms. The number of hydrogen-bond donors (Lipinski definition) is 1.